The number of carbonyl (C=O) groups excluding carboxylic acids is 2. The third-order valence-electron chi connectivity index (χ3n) is 4.00. The van der Waals surface area contributed by atoms with E-state index in [2.05, 4.69) is 4.74 Å². The second kappa shape index (κ2) is 9.23. The maximum Gasteiger partial charge on any atom is 0.478 e. The fourth-order valence-corrected chi connectivity index (χ4v) is 2.70. The zero-order valence-electron chi connectivity index (χ0n) is 15.2. The third-order valence-corrected chi connectivity index (χ3v) is 4.23. The van der Waals surface area contributed by atoms with Crippen molar-refractivity contribution in [3.8, 4) is 0 Å². The third kappa shape index (κ3) is 5.45. The molecule has 0 aliphatic heterocycles. The quantitative estimate of drug-likeness (QED) is 0.401. The van der Waals surface area contributed by atoms with E-state index >= 15 is 0 Å². The number of amides is 1. The van der Waals surface area contributed by atoms with Crippen LogP contribution in [0.15, 0.2) is 48.5 Å². The molecule has 10 heteroatoms. The molecule has 1 atom stereocenters. The molecular weight excluding hydrogens is 416 g/mol. The van der Waals surface area contributed by atoms with Gasteiger partial charge in [-0.2, -0.15) is 13.2 Å². The molecule has 2 aromatic rings. The van der Waals surface area contributed by atoms with Crippen LogP contribution in [0.5, 0.6) is 0 Å². The van der Waals surface area contributed by atoms with E-state index in [1.807, 2.05) is 0 Å². The molecule has 0 bridgehead atoms. The molecule has 3 N–H and O–H groups in total. The van der Waals surface area contributed by atoms with Gasteiger partial charge in [0.25, 0.3) is 5.91 Å². The Kier molecular flexibility index (Phi) is 7.21. The average Bonchev–Trinajstić information content (AvgIpc) is 2.65. The van der Waals surface area contributed by atoms with Crippen LogP contribution in [0.1, 0.15) is 22.8 Å². The highest BCUT2D eigenvalue weighted by Crippen LogP contribution is 2.27. The van der Waals surface area contributed by atoms with Crippen LogP contribution in [-0.4, -0.2) is 30.3 Å². The summed E-state index contributed by atoms with van der Waals surface area (Å²) in [4.78, 5) is 24.8. The Balaban J connectivity index is 2.40. The minimum atomic E-state index is -5.20. The lowest BCUT2D eigenvalue weighted by molar-refractivity contribution is -0.757. The van der Waals surface area contributed by atoms with Crippen molar-refractivity contribution in [1.29, 1.82) is 0 Å². The minimum Gasteiger partial charge on any atom is -0.460 e. The molecule has 5 nitrogen and oxygen atoms in total. The van der Waals surface area contributed by atoms with Crippen molar-refractivity contribution in [1.82, 2.24) is 5.32 Å². The zero-order valence-corrected chi connectivity index (χ0v) is 16.0. The van der Waals surface area contributed by atoms with Crippen LogP contribution in [0.2, 0.25) is 5.02 Å². The lowest BCUT2D eigenvalue weighted by atomic mass is 10.1. The number of benzene rings is 2. The highest BCUT2D eigenvalue weighted by atomic mass is 35.5. The number of ether oxygens (including phenoxy) is 1. The van der Waals surface area contributed by atoms with E-state index in [-0.39, 0.29) is 23.7 Å². The van der Waals surface area contributed by atoms with E-state index in [1.54, 1.807) is 5.32 Å². The summed E-state index contributed by atoms with van der Waals surface area (Å²) in [6.07, 6.45) is -5.20. The molecule has 1 amide bonds. The molecule has 0 aliphatic carbocycles. The predicted molar refractivity (Wildman–Crippen MR) is 96.4 cm³/mol. The predicted octanol–water partition coefficient (Wildman–Crippen LogP) is 2.79. The first-order valence-electron chi connectivity index (χ1n) is 8.50. The number of esters is 1. The number of halogens is 5. The van der Waals surface area contributed by atoms with Gasteiger partial charge in [0.1, 0.15) is 12.4 Å². The molecule has 2 aromatic carbocycles. The molecule has 0 heterocycles. The molecule has 0 saturated carbocycles. The first-order chi connectivity index (χ1) is 13.6. The van der Waals surface area contributed by atoms with E-state index in [0.29, 0.717) is 10.9 Å². The summed E-state index contributed by atoms with van der Waals surface area (Å²) < 4.78 is 59.8. The molecule has 0 radical (unpaired) electrons. The normalized spacial score (nSPS) is 13.4. The summed E-state index contributed by atoms with van der Waals surface area (Å²) in [5.41, 5.74) is -3.26. The van der Waals surface area contributed by atoms with Gasteiger partial charge >= 0.3 is 17.8 Å². The van der Waals surface area contributed by atoms with Crippen LogP contribution in [0.3, 0.4) is 0 Å². The van der Waals surface area contributed by atoms with E-state index < -0.39 is 29.5 Å². The standard InChI is InChI=1S/C19H17ClF4N2O3/c1-2-29-17(28)18(19(22,23)24,25-11-12-6-8-15(21)9-7-12)26-16(27)13-4-3-5-14(20)10-13/h3-10,25H,2,11H2,1H3,(H,26,27)/p+1/t18-/m0/s1. The average molecular weight is 434 g/mol. The summed E-state index contributed by atoms with van der Waals surface area (Å²) in [6, 6.07) is 9.96. The van der Waals surface area contributed by atoms with Crippen molar-refractivity contribution in [3.05, 3.63) is 70.5 Å². The Morgan fingerprint density at radius 2 is 1.79 bits per heavy atom. The van der Waals surface area contributed by atoms with E-state index in [9.17, 15) is 27.2 Å². The molecule has 29 heavy (non-hydrogen) atoms. The van der Waals surface area contributed by atoms with Crippen LogP contribution >= 0.6 is 11.6 Å². The molecule has 0 fully saturated rings. The lowest BCUT2D eigenvalue weighted by Gasteiger charge is -2.31. The summed E-state index contributed by atoms with van der Waals surface area (Å²) in [5.74, 6) is -3.39. The molecule has 0 saturated heterocycles. The number of rotatable bonds is 7. The lowest BCUT2D eigenvalue weighted by Crippen LogP contribution is -3.06. The van der Waals surface area contributed by atoms with Crippen molar-refractivity contribution in [3.63, 3.8) is 0 Å². The second-order valence-electron chi connectivity index (χ2n) is 6.03. The summed E-state index contributed by atoms with van der Waals surface area (Å²) in [5, 5.41) is 2.49. The van der Waals surface area contributed by atoms with Crippen LogP contribution in [0.4, 0.5) is 17.6 Å². The highest BCUT2D eigenvalue weighted by Gasteiger charge is 2.67. The Morgan fingerprint density at radius 3 is 2.34 bits per heavy atom. The van der Waals surface area contributed by atoms with Gasteiger partial charge in [0.05, 0.1) is 6.61 Å². The molecule has 2 rings (SSSR count). The molecular formula is C19H18ClF4N2O3+. The van der Waals surface area contributed by atoms with Gasteiger partial charge in [-0.05, 0) is 37.3 Å². The van der Waals surface area contributed by atoms with E-state index in [4.69, 9.17) is 11.6 Å². The van der Waals surface area contributed by atoms with Crippen LogP contribution in [0.25, 0.3) is 0 Å². The van der Waals surface area contributed by atoms with Gasteiger partial charge in [0.15, 0.2) is 0 Å². The Bertz CT molecular complexity index is 875. The molecule has 0 unspecified atom stereocenters. The second-order valence-corrected chi connectivity index (χ2v) is 6.46. The van der Waals surface area contributed by atoms with Gasteiger partial charge in [-0.3, -0.25) is 10.1 Å². The fraction of sp³-hybridized carbons (Fsp3) is 0.263. The Hall–Kier alpha value is -2.65. The summed E-state index contributed by atoms with van der Waals surface area (Å²) in [7, 11) is 0. The number of quaternary nitrogens is 1. The van der Waals surface area contributed by atoms with Crippen LogP contribution in [0, 0.1) is 5.82 Å². The van der Waals surface area contributed by atoms with E-state index in [0.717, 1.165) is 12.1 Å². The van der Waals surface area contributed by atoms with Crippen molar-refractivity contribution < 1.29 is 37.2 Å². The van der Waals surface area contributed by atoms with Crippen LogP contribution < -0.4 is 10.6 Å². The number of alkyl halides is 3. The zero-order chi connectivity index (χ0) is 21.7. The van der Waals surface area contributed by atoms with Crippen molar-refractivity contribution in [2.75, 3.05) is 6.61 Å². The Labute approximate surface area is 169 Å². The largest absolute Gasteiger partial charge is 0.478 e. The maximum atomic E-state index is 14.0. The SMILES string of the molecule is CCOC(=O)[C@@](NC(=O)c1cccc(Cl)c1)([NH2+]Cc1ccc(F)cc1)C(F)(F)F. The van der Waals surface area contributed by atoms with Gasteiger partial charge in [-0.15, -0.1) is 0 Å². The van der Waals surface area contributed by atoms with Gasteiger partial charge in [0.2, 0.25) is 0 Å². The van der Waals surface area contributed by atoms with Gasteiger partial charge in [-0.25, -0.2) is 9.18 Å². The first-order valence-corrected chi connectivity index (χ1v) is 8.87. The monoisotopic (exact) mass is 433 g/mol. The van der Waals surface area contributed by atoms with Gasteiger partial charge < -0.3 is 10.1 Å². The Morgan fingerprint density at radius 1 is 1.14 bits per heavy atom. The first kappa shape index (κ1) is 22.6. The number of hydrogen-bond acceptors (Lipinski definition) is 3. The number of hydrogen-bond donors (Lipinski definition) is 2. The van der Waals surface area contributed by atoms with Gasteiger partial charge in [0, 0.05) is 16.1 Å². The number of nitrogens with one attached hydrogen (secondary N) is 1. The van der Waals surface area contributed by atoms with Crippen molar-refractivity contribution >= 4 is 23.5 Å². The van der Waals surface area contributed by atoms with Crippen LogP contribution in [-0.2, 0) is 16.1 Å². The number of carbonyl (C=O) groups is 2. The smallest absolute Gasteiger partial charge is 0.460 e. The topological polar surface area (TPSA) is 72.0 Å². The highest BCUT2D eigenvalue weighted by molar-refractivity contribution is 6.31. The summed E-state index contributed by atoms with van der Waals surface area (Å²) >= 11 is 5.78. The maximum absolute atomic E-state index is 14.0. The van der Waals surface area contributed by atoms with Crippen molar-refractivity contribution in [2.24, 2.45) is 0 Å². The minimum absolute atomic E-state index is 0.140. The molecule has 0 aliphatic rings. The molecule has 0 spiro atoms. The van der Waals surface area contributed by atoms with Gasteiger partial charge in [-0.1, -0.05) is 29.8 Å². The molecule has 0 aromatic heterocycles. The fourth-order valence-electron chi connectivity index (χ4n) is 2.51. The summed E-state index contributed by atoms with van der Waals surface area (Å²) in [6.45, 7) is 0.639. The van der Waals surface area contributed by atoms with Crippen molar-refractivity contribution in [2.45, 2.75) is 25.3 Å². The number of nitrogens with two attached hydrogens (primary N) is 1. The van der Waals surface area contributed by atoms with E-state index in [1.165, 1.54) is 43.3 Å². The molecule has 156 valence electrons.